The molecule has 98 valence electrons. The Morgan fingerprint density at radius 3 is 2.95 bits per heavy atom. The van der Waals surface area contributed by atoms with Crippen molar-refractivity contribution in [1.29, 1.82) is 0 Å². The highest BCUT2D eigenvalue weighted by atomic mass is 16.4. The van der Waals surface area contributed by atoms with Gasteiger partial charge in [0.25, 0.3) is 0 Å². The van der Waals surface area contributed by atoms with Gasteiger partial charge in [0.2, 0.25) is 0 Å². The van der Waals surface area contributed by atoms with Crippen molar-refractivity contribution in [3.05, 3.63) is 35.5 Å². The van der Waals surface area contributed by atoms with Crippen LogP contribution in [0.25, 0.3) is 10.9 Å². The van der Waals surface area contributed by atoms with Crippen LogP contribution in [-0.2, 0) is 11.2 Å². The number of aromatic amines is 1. The Kier molecular flexibility index (Phi) is 2.25. The maximum absolute atomic E-state index is 11.5. The summed E-state index contributed by atoms with van der Waals surface area (Å²) in [4.78, 5) is 15.0. The standard InChI is InChI=1S/C16H17NO2/c18-16(19)12-8-14-15(10-6-3-5-9(10)12)11-4-1-2-7-13(11)17-14/h1-2,4,7,9-10,12,17H,3,5-6,8H2,(H,18,19). The summed E-state index contributed by atoms with van der Waals surface area (Å²) < 4.78 is 0. The summed E-state index contributed by atoms with van der Waals surface area (Å²) in [6.45, 7) is 0. The maximum Gasteiger partial charge on any atom is 0.307 e. The molecule has 2 N–H and O–H groups in total. The molecule has 0 aliphatic heterocycles. The summed E-state index contributed by atoms with van der Waals surface area (Å²) >= 11 is 0. The van der Waals surface area contributed by atoms with Gasteiger partial charge in [-0.3, -0.25) is 4.79 Å². The molecule has 1 fully saturated rings. The van der Waals surface area contributed by atoms with Crippen molar-refractivity contribution in [3.8, 4) is 0 Å². The molecule has 0 bridgehead atoms. The van der Waals surface area contributed by atoms with Crippen LogP contribution in [0.15, 0.2) is 24.3 Å². The molecule has 3 nitrogen and oxygen atoms in total. The molecule has 2 aromatic rings. The number of aromatic nitrogens is 1. The summed E-state index contributed by atoms with van der Waals surface area (Å²) in [6, 6.07) is 8.36. The number of rotatable bonds is 1. The molecule has 2 aliphatic rings. The number of nitrogens with one attached hydrogen (secondary N) is 1. The molecule has 0 radical (unpaired) electrons. The number of para-hydroxylation sites is 1. The zero-order valence-corrected chi connectivity index (χ0v) is 10.7. The van der Waals surface area contributed by atoms with Crippen LogP contribution in [-0.4, -0.2) is 16.1 Å². The third-order valence-corrected chi connectivity index (χ3v) is 5.03. The molecular weight excluding hydrogens is 238 g/mol. The zero-order chi connectivity index (χ0) is 13.0. The first-order valence-corrected chi connectivity index (χ1v) is 7.08. The molecule has 0 saturated heterocycles. The number of hydrogen-bond donors (Lipinski definition) is 2. The predicted molar refractivity (Wildman–Crippen MR) is 73.2 cm³/mol. The first-order valence-electron chi connectivity index (χ1n) is 7.08. The number of carboxylic acids is 1. The fourth-order valence-corrected chi connectivity index (χ4v) is 4.27. The van der Waals surface area contributed by atoms with Gasteiger partial charge in [-0.05, 0) is 36.3 Å². The van der Waals surface area contributed by atoms with Crippen molar-refractivity contribution in [2.75, 3.05) is 0 Å². The van der Waals surface area contributed by atoms with E-state index in [0.717, 1.165) is 30.5 Å². The first-order chi connectivity index (χ1) is 9.25. The van der Waals surface area contributed by atoms with Gasteiger partial charge in [-0.2, -0.15) is 0 Å². The van der Waals surface area contributed by atoms with Crippen molar-refractivity contribution in [2.45, 2.75) is 31.6 Å². The van der Waals surface area contributed by atoms with Crippen LogP contribution in [0.3, 0.4) is 0 Å². The van der Waals surface area contributed by atoms with E-state index in [4.69, 9.17) is 0 Å². The average Bonchev–Trinajstić information content (AvgIpc) is 3.00. The minimum absolute atomic E-state index is 0.201. The number of benzene rings is 1. The molecule has 1 saturated carbocycles. The Morgan fingerprint density at radius 1 is 1.26 bits per heavy atom. The Morgan fingerprint density at radius 2 is 2.11 bits per heavy atom. The molecule has 1 aromatic heterocycles. The summed E-state index contributed by atoms with van der Waals surface area (Å²) in [5.74, 6) is -0.0422. The van der Waals surface area contributed by atoms with E-state index in [0.29, 0.717) is 18.3 Å². The molecule has 0 spiro atoms. The van der Waals surface area contributed by atoms with E-state index in [1.165, 1.54) is 10.9 Å². The van der Waals surface area contributed by atoms with E-state index in [-0.39, 0.29) is 5.92 Å². The molecule has 2 aliphatic carbocycles. The number of H-pyrrole nitrogens is 1. The minimum Gasteiger partial charge on any atom is -0.481 e. The summed E-state index contributed by atoms with van der Waals surface area (Å²) in [7, 11) is 0. The lowest BCUT2D eigenvalue weighted by Gasteiger charge is -2.31. The lowest BCUT2D eigenvalue weighted by molar-refractivity contribution is -0.144. The predicted octanol–water partition coefficient (Wildman–Crippen LogP) is 3.31. The molecule has 4 rings (SSSR count). The fourth-order valence-electron chi connectivity index (χ4n) is 4.27. The third-order valence-electron chi connectivity index (χ3n) is 5.03. The van der Waals surface area contributed by atoms with E-state index >= 15 is 0 Å². The van der Waals surface area contributed by atoms with E-state index in [1.54, 1.807) is 0 Å². The van der Waals surface area contributed by atoms with Crippen LogP contribution in [0.1, 0.15) is 36.4 Å². The van der Waals surface area contributed by atoms with Crippen LogP contribution in [0.5, 0.6) is 0 Å². The molecular formula is C16H17NO2. The van der Waals surface area contributed by atoms with Gasteiger partial charge in [0.05, 0.1) is 5.92 Å². The van der Waals surface area contributed by atoms with Gasteiger partial charge in [-0.25, -0.2) is 0 Å². The van der Waals surface area contributed by atoms with E-state index in [1.807, 2.05) is 6.07 Å². The number of carbonyl (C=O) groups is 1. The van der Waals surface area contributed by atoms with Gasteiger partial charge < -0.3 is 10.1 Å². The second-order valence-corrected chi connectivity index (χ2v) is 5.91. The Balaban J connectivity index is 1.93. The lowest BCUT2D eigenvalue weighted by atomic mass is 9.72. The van der Waals surface area contributed by atoms with Gasteiger partial charge in [-0.15, -0.1) is 0 Å². The Bertz CT molecular complexity index is 658. The second-order valence-electron chi connectivity index (χ2n) is 5.91. The smallest absolute Gasteiger partial charge is 0.307 e. The van der Waals surface area contributed by atoms with Crippen LogP contribution < -0.4 is 0 Å². The molecule has 1 heterocycles. The van der Waals surface area contributed by atoms with Crippen molar-refractivity contribution in [2.24, 2.45) is 11.8 Å². The highest BCUT2D eigenvalue weighted by Crippen LogP contribution is 2.51. The number of fused-ring (bicyclic) bond motifs is 5. The molecule has 3 heteroatoms. The number of carboxylic acid groups (broad SMARTS) is 1. The van der Waals surface area contributed by atoms with Gasteiger partial charge in [-0.1, -0.05) is 24.6 Å². The summed E-state index contributed by atoms with van der Waals surface area (Å²) in [6.07, 6.45) is 4.04. The van der Waals surface area contributed by atoms with Crippen molar-refractivity contribution in [3.63, 3.8) is 0 Å². The first kappa shape index (κ1) is 11.1. The lowest BCUT2D eigenvalue weighted by Crippen LogP contribution is -2.32. The highest BCUT2D eigenvalue weighted by molar-refractivity contribution is 5.86. The highest BCUT2D eigenvalue weighted by Gasteiger charge is 2.44. The van der Waals surface area contributed by atoms with Crippen LogP contribution in [0, 0.1) is 11.8 Å². The minimum atomic E-state index is -0.624. The van der Waals surface area contributed by atoms with E-state index in [2.05, 4.69) is 23.2 Å². The third kappa shape index (κ3) is 1.47. The molecule has 1 aromatic carbocycles. The monoisotopic (exact) mass is 255 g/mol. The summed E-state index contributed by atoms with van der Waals surface area (Å²) in [5, 5.41) is 10.8. The zero-order valence-electron chi connectivity index (χ0n) is 10.7. The van der Waals surface area contributed by atoms with Crippen LogP contribution in [0.2, 0.25) is 0 Å². The second kappa shape index (κ2) is 3.86. The van der Waals surface area contributed by atoms with Crippen molar-refractivity contribution in [1.82, 2.24) is 4.98 Å². The molecule has 3 atom stereocenters. The largest absolute Gasteiger partial charge is 0.481 e. The quantitative estimate of drug-likeness (QED) is 0.821. The van der Waals surface area contributed by atoms with Gasteiger partial charge >= 0.3 is 5.97 Å². The normalized spacial score (nSPS) is 29.2. The number of aliphatic carboxylic acids is 1. The van der Waals surface area contributed by atoms with Crippen molar-refractivity contribution >= 4 is 16.9 Å². The Labute approximate surface area is 111 Å². The Hall–Kier alpha value is -1.77. The average molecular weight is 255 g/mol. The van der Waals surface area contributed by atoms with E-state index < -0.39 is 5.97 Å². The van der Waals surface area contributed by atoms with E-state index in [9.17, 15) is 9.90 Å². The fraction of sp³-hybridized carbons (Fsp3) is 0.438. The van der Waals surface area contributed by atoms with Crippen molar-refractivity contribution < 1.29 is 9.90 Å². The number of hydrogen-bond acceptors (Lipinski definition) is 1. The molecule has 19 heavy (non-hydrogen) atoms. The van der Waals surface area contributed by atoms with Gasteiger partial charge in [0, 0.05) is 23.0 Å². The van der Waals surface area contributed by atoms with Gasteiger partial charge in [0.15, 0.2) is 0 Å². The SMILES string of the molecule is O=C(O)C1Cc2[nH]c3ccccc3c2C2CCCC12. The summed E-state index contributed by atoms with van der Waals surface area (Å²) in [5.41, 5.74) is 3.73. The van der Waals surface area contributed by atoms with Crippen LogP contribution in [0.4, 0.5) is 0 Å². The van der Waals surface area contributed by atoms with Crippen LogP contribution >= 0.6 is 0 Å². The molecule has 3 unspecified atom stereocenters. The molecule has 0 amide bonds. The maximum atomic E-state index is 11.5. The topological polar surface area (TPSA) is 53.1 Å². The van der Waals surface area contributed by atoms with Gasteiger partial charge in [0.1, 0.15) is 0 Å².